The number of amides is 4. The average molecular weight is 542 g/mol. The number of hydrogen-bond donors (Lipinski definition) is 1. The SMILES string of the molecule is O=C1NC(=O)N(c2ccc(F)cc2)C(=O)/C1=C/c1ccc(OCc2ccc(I)cc2)cc1. The van der Waals surface area contributed by atoms with Gasteiger partial charge in [0.15, 0.2) is 0 Å². The van der Waals surface area contributed by atoms with Gasteiger partial charge in [-0.2, -0.15) is 0 Å². The summed E-state index contributed by atoms with van der Waals surface area (Å²) in [6, 6.07) is 18.8. The molecular formula is C24H16FIN2O4. The summed E-state index contributed by atoms with van der Waals surface area (Å²) in [5.74, 6) is -1.45. The molecule has 0 aliphatic carbocycles. The molecule has 0 radical (unpaired) electrons. The summed E-state index contributed by atoms with van der Waals surface area (Å²) < 4.78 is 20.1. The van der Waals surface area contributed by atoms with Crippen LogP contribution in [-0.4, -0.2) is 17.8 Å². The van der Waals surface area contributed by atoms with Gasteiger partial charge in [-0.25, -0.2) is 14.1 Å². The van der Waals surface area contributed by atoms with E-state index in [0.29, 0.717) is 17.9 Å². The molecule has 1 aliphatic heterocycles. The summed E-state index contributed by atoms with van der Waals surface area (Å²) in [6.07, 6.45) is 1.39. The van der Waals surface area contributed by atoms with Gasteiger partial charge in [0.1, 0.15) is 23.7 Å². The Hall–Kier alpha value is -3.53. The highest BCUT2D eigenvalue weighted by Gasteiger charge is 2.36. The van der Waals surface area contributed by atoms with Crippen molar-refractivity contribution in [2.24, 2.45) is 0 Å². The zero-order valence-electron chi connectivity index (χ0n) is 16.5. The molecular weight excluding hydrogens is 526 g/mol. The molecule has 1 heterocycles. The average Bonchev–Trinajstić information content (AvgIpc) is 2.78. The largest absolute Gasteiger partial charge is 0.489 e. The molecule has 0 saturated carbocycles. The fourth-order valence-corrected chi connectivity index (χ4v) is 3.42. The Balaban J connectivity index is 1.50. The second kappa shape index (κ2) is 9.31. The smallest absolute Gasteiger partial charge is 0.335 e. The summed E-state index contributed by atoms with van der Waals surface area (Å²) in [6.45, 7) is 0.410. The van der Waals surface area contributed by atoms with Crippen molar-refractivity contribution in [3.8, 4) is 5.75 Å². The van der Waals surface area contributed by atoms with Gasteiger partial charge < -0.3 is 4.74 Å². The maximum atomic E-state index is 13.2. The third-order valence-electron chi connectivity index (χ3n) is 4.70. The van der Waals surface area contributed by atoms with E-state index in [1.165, 1.54) is 18.2 Å². The van der Waals surface area contributed by atoms with E-state index in [1.807, 2.05) is 24.3 Å². The fraction of sp³-hybridized carbons (Fsp3) is 0.0417. The first-order chi connectivity index (χ1) is 15.4. The summed E-state index contributed by atoms with van der Waals surface area (Å²) in [7, 11) is 0. The van der Waals surface area contributed by atoms with E-state index in [9.17, 15) is 18.8 Å². The third kappa shape index (κ3) is 4.86. The first-order valence-corrected chi connectivity index (χ1v) is 10.6. The number of barbiturate groups is 1. The van der Waals surface area contributed by atoms with Crippen LogP contribution in [-0.2, 0) is 16.2 Å². The zero-order chi connectivity index (χ0) is 22.7. The second-order valence-electron chi connectivity index (χ2n) is 6.92. The minimum atomic E-state index is -0.886. The van der Waals surface area contributed by atoms with Crippen molar-refractivity contribution in [1.29, 1.82) is 0 Å². The lowest BCUT2D eigenvalue weighted by Crippen LogP contribution is -2.54. The number of imide groups is 2. The number of ether oxygens (including phenoxy) is 1. The van der Waals surface area contributed by atoms with Gasteiger partial charge in [-0.15, -0.1) is 0 Å². The Morgan fingerprint density at radius 1 is 0.906 bits per heavy atom. The van der Waals surface area contributed by atoms with E-state index in [0.717, 1.165) is 26.2 Å². The number of carbonyl (C=O) groups is 3. The molecule has 160 valence electrons. The van der Waals surface area contributed by atoms with E-state index in [-0.39, 0.29) is 11.3 Å². The van der Waals surface area contributed by atoms with Crippen molar-refractivity contribution in [3.05, 3.63) is 98.9 Å². The number of carbonyl (C=O) groups excluding carboxylic acids is 3. The van der Waals surface area contributed by atoms with E-state index in [4.69, 9.17) is 4.74 Å². The predicted octanol–water partition coefficient (Wildman–Crippen LogP) is 4.68. The van der Waals surface area contributed by atoms with E-state index in [1.54, 1.807) is 24.3 Å². The minimum Gasteiger partial charge on any atom is -0.489 e. The molecule has 1 aliphatic rings. The van der Waals surface area contributed by atoms with Crippen LogP contribution in [0.2, 0.25) is 0 Å². The van der Waals surface area contributed by atoms with Crippen LogP contribution in [0, 0.1) is 9.39 Å². The molecule has 1 N–H and O–H groups in total. The van der Waals surface area contributed by atoms with E-state index in [2.05, 4.69) is 27.9 Å². The third-order valence-corrected chi connectivity index (χ3v) is 5.42. The van der Waals surface area contributed by atoms with Gasteiger partial charge in [-0.1, -0.05) is 24.3 Å². The zero-order valence-corrected chi connectivity index (χ0v) is 18.7. The van der Waals surface area contributed by atoms with Crippen molar-refractivity contribution in [2.75, 3.05) is 4.90 Å². The van der Waals surface area contributed by atoms with Crippen molar-refractivity contribution >= 4 is 52.2 Å². The molecule has 0 unspecified atom stereocenters. The van der Waals surface area contributed by atoms with E-state index < -0.39 is 23.7 Å². The van der Waals surface area contributed by atoms with Gasteiger partial charge >= 0.3 is 6.03 Å². The van der Waals surface area contributed by atoms with Gasteiger partial charge in [0.25, 0.3) is 11.8 Å². The molecule has 8 heteroatoms. The van der Waals surface area contributed by atoms with Crippen molar-refractivity contribution in [3.63, 3.8) is 0 Å². The predicted molar refractivity (Wildman–Crippen MR) is 125 cm³/mol. The molecule has 3 aromatic carbocycles. The van der Waals surface area contributed by atoms with Crippen LogP contribution in [0.3, 0.4) is 0 Å². The Morgan fingerprint density at radius 2 is 1.56 bits per heavy atom. The molecule has 1 saturated heterocycles. The highest BCUT2D eigenvalue weighted by Crippen LogP contribution is 2.23. The second-order valence-corrected chi connectivity index (χ2v) is 8.16. The molecule has 4 rings (SSSR count). The van der Waals surface area contributed by atoms with Gasteiger partial charge in [-0.3, -0.25) is 14.9 Å². The molecule has 3 aromatic rings. The number of anilines is 1. The maximum Gasteiger partial charge on any atom is 0.335 e. The molecule has 6 nitrogen and oxygen atoms in total. The highest BCUT2D eigenvalue weighted by molar-refractivity contribution is 14.1. The monoisotopic (exact) mass is 542 g/mol. The Morgan fingerprint density at radius 3 is 2.22 bits per heavy atom. The number of nitrogens with one attached hydrogen (secondary N) is 1. The lowest BCUT2D eigenvalue weighted by Gasteiger charge is -2.26. The Labute approximate surface area is 196 Å². The van der Waals surface area contributed by atoms with Crippen molar-refractivity contribution in [1.82, 2.24) is 5.32 Å². The first-order valence-electron chi connectivity index (χ1n) is 9.55. The molecule has 32 heavy (non-hydrogen) atoms. The van der Waals surface area contributed by atoms with Gasteiger partial charge in [-0.05, 0) is 88.3 Å². The van der Waals surface area contributed by atoms with Crippen LogP contribution >= 0.6 is 22.6 Å². The summed E-state index contributed by atoms with van der Waals surface area (Å²) in [5.41, 5.74) is 1.57. The molecule has 0 spiro atoms. The normalized spacial score (nSPS) is 15.1. The number of rotatable bonds is 5. The number of halogens is 2. The van der Waals surface area contributed by atoms with Gasteiger partial charge in [0.05, 0.1) is 5.69 Å². The van der Waals surface area contributed by atoms with Gasteiger partial charge in [0.2, 0.25) is 0 Å². The van der Waals surface area contributed by atoms with Crippen LogP contribution in [0.25, 0.3) is 6.08 Å². The van der Waals surface area contributed by atoms with Crippen LogP contribution in [0.4, 0.5) is 14.9 Å². The fourth-order valence-electron chi connectivity index (χ4n) is 3.06. The van der Waals surface area contributed by atoms with Crippen LogP contribution in [0.5, 0.6) is 5.75 Å². The number of urea groups is 1. The molecule has 4 amide bonds. The molecule has 0 bridgehead atoms. The van der Waals surface area contributed by atoms with Crippen molar-refractivity contribution < 1.29 is 23.5 Å². The summed E-state index contributed by atoms with van der Waals surface area (Å²) in [5, 5.41) is 2.14. The maximum absolute atomic E-state index is 13.2. The first kappa shape index (κ1) is 21.7. The summed E-state index contributed by atoms with van der Waals surface area (Å²) in [4.78, 5) is 38.1. The standard InChI is InChI=1S/C24H16FIN2O4/c25-17-5-9-19(10-6-17)28-23(30)21(22(29)27-24(28)31)13-15-3-11-20(12-4-15)32-14-16-1-7-18(26)8-2-16/h1-13H,14H2,(H,27,29,31)/b21-13+. The molecule has 1 fully saturated rings. The lowest BCUT2D eigenvalue weighted by molar-refractivity contribution is -0.122. The molecule has 0 atom stereocenters. The van der Waals surface area contributed by atoms with Crippen LogP contribution < -0.4 is 15.0 Å². The topological polar surface area (TPSA) is 75.7 Å². The lowest BCUT2D eigenvalue weighted by atomic mass is 10.1. The highest BCUT2D eigenvalue weighted by atomic mass is 127. The van der Waals surface area contributed by atoms with Gasteiger partial charge in [0, 0.05) is 3.57 Å². The Kier molecular flexibility index (Phi) is 6.31. The Bertz CT molecular complexity index is 1210. The van der Waals surface area contributed by atoms with Crippen LogP contribution in [0.15, 0.2) is 78.4 Å². The minimum absolute atomic E-state index is 0.159. The number of benzene rings is 3. The van der Waals surface area contributed by atoms with E-state index >= 15 is 0 Å². The quantitative estimate of drug-likeness (QED) is 0.289. The van der Waals surface area contributed by atoms with Crippen LogP contribution in [0.1, 0.15) is 11.1 Å². The number of hydrogen-bond acceptors (Lipinski definition) is 4. The number of nitrogens with zero attached hydrogens (tertiary/aromatic N) is 1. The molecule has 0 aromatic heterocycles. The van der Waals surface area contributed by atoms with Crippen molar-refractivity contribution in [2.45, 2.75) is 6.61 Å². The summed E-state index contributed by atoms with van der Waals surface area (Å²) >= 11 is 2.24.